The summed E-state index contributed by atoms with van der Waals surface area (Å²) in [5.41, 5.74) is 1.66. The highest BCUT2D eigenvalue weighted by atomic mass is 32.2. The maximum absolute atomic E-state index is 13.7. The molecule has 0 saturated carbocycles. The van der Waals surface area contributed by atoms with E-state index in [4.69, 9.17) is 9.72 Å². The molecule has 5 nitrogen and oxygen atoms in total. The van der Waals surface area contributed by atoms with Crippen LogP contribution in [0.5, 0.6) is 0 Å². The third-order valence-corrected chi connectivity index (χ3v) is 7.62. The van der Waals surface area contributed by atoms with E-state index in [0.29, 0.717) is 12.1 Å². The van der Waals surface area contributed by atoms with Gasteiger partial charge in [-0.15, -0.1) is 11.8 Å². The van der Waals surface area contributed by atoms with Crippen molar-refractivity contribution >= 4 is 55.1 Å². The molecule has 0 atom stereocenters. The van der Waals surface area contributed by atoms with Crippen LogP contribution in [-0.2, 0) is 4.74 Å². The number of aromatic nitrogens is 1. The van der Waals surface area contributed by atoms with Crippen molar-refractivity contribution < 1.29 is 9.53 Å². The Morgan fingerprint density at radius 2 is 1.91 bits per heavy atom. The lowest BCUT2D eigenvalue weighted by molar-refractivity contribution is 0.0391. The zero-order valence-corrected chi connectivity index (χ0v) is 19.6. The second kappa shape index (κ2) is 9.58. The zero-order chi connectivity index (χ0) is 21.9. The fourth-order valence-electron chi connectivity index (χ4n) is 4.02. The Kier molecular flexibility index (Phi) is 6.41. The van der Waals surface area contributed by atoms with Crippen molar-refractivity contribution in [2.24, 2.45) is 0 Å². The molecular weight excluding hydrogens is 438 g/mol. The number of thiazole rings is 1. The monoisotopic (exact) mass is 463 g/mol. The fourth-order valence-corrected chi connectivity index (χ4v) is 5.67. The van der Waals surface area contributed by atoms with Gasteiger partial charge in [-0.2, -0.15) is 0 Å². The first-order chi connectivity index (χ1) is 15.7. The van der Waals surface area contributed by atoms with Gasteiger partial charge in [-0.3, -0.25) is 14.6 Å². The molecule has 0 aliphatic carbocycles. The highest BCUT2D eigenvalue weighted by molar-refractivity contribution is 7.98. The summed E-state index contributed by atoms with van der Waals surface area (Å²) in [5.74, 6) is -0.00577. The number of hydrogen-bond donors (Lipinski definition) is 0. The summed E-state index contributed by atoms with van der Waals surface area (Å²) in [5, 5.41) is 2.96. The lowest BCUT2D eigenvalue weighted by atomic mass is 10.1. The van der Waals surface area contributed by atoms with Gasteiger partial charge in [0.15, 0.2) is 5.13 Å². The van der Waals surface area contributed by atoms with E-state index in [1.54, 1.807) is 23.1 Å². The predicted octanol–water partition coefficient (Wildman–Crippen LogP) is 5.15. The molecule has 0 N–H and O–H groups in total. The summed E-state index contributed by atoms with van der Waals surface area (Å²) < 4.78 is 6.59. The van der Waals surface area contributed by atoms with Crippen LogP contribution in [-0.4, -0.2) is 61.4 Å². The normalized spacial score (nSPS) is 14.8. The van der Waals surface area contributed by atoms with E-state index in [1.165, 1.54) is 0 Å². The van der Waals surface area contributed by atoms with E-state index in [9.17, 15) is 4.79 Å². The first-order valence-corrected chi connectivity index (χ1v) is 12.8. The molecule has 1 saturated heterocycles. The van der Waals surface area contributed by atoms with E-state index in [0.717, 1.165) is 63.9 Å². The molecule has 1 aliphatic rings. The van der Waals surface area contributed by atoms with Gasteiger partial charge in [0.25, 0.3) is 5.91 Å². The molecule has 5 rings (SSSR count). The van der Waals surface area contributed by atoms with Crippen LogP contribution < -0.4 is 4.90 Å². The molecule has 32 heavy (non-hydrogen) atoms. The average Bonchev–Trinajstić information content (AvgIpc) is 3.28. The number of rotatable bonds is 6. The molecule has 1 fully saturated rings. The first kappa shape index (κ1) is 21.4. The van der Waals surface area contributed by atoms with E-state index < -0.39 is 0 Å². The van der Waals surface area contributed by atoms with Crippen LogP contribution in [0.25, 0.3) is 21.0 Å². The Morgan fingerprint density at radius 3 is 2.72 bits per heavy atom. The molecule has 1 aromatic heterocycles. The molecule has 7 heteroatoms. The van der Waals surface area contributed by atoms with Gasteiger partial charge in [-0.1, -0.05) is 47.7 Å². The molecule has 0 bridgehead atoms. The topological polar surface area (TPSA) is 45.7 Å². The lowest BCUT2D eigenvalue weighted by Gasteiger charge is -2.29. The number of thioether (sulfide) groups is 1. The third-order valence-electron chi connectivity index (χ3n) is 5.81. The molecule has 164 valence electrons. The minimum absolute atomic E-state index is 0.00577. The molecule has 1 aliphatic heterocycles. The second-order valence-electron chi connectivity index (χ2n) is 7.78. The zero-order valence-electron chi connectivity index (χ0n) is 18.0. The summed E-state index contributed by atoms with van der Waals surface area (Å²) in [4.78, 5) is 24.0. The Bertz CT molecular complexity index is 1250. The number of fused-ring (bicyclic) bond motifs is 2. The Labute approximate surface area is 196 Å². The maximum atomic E-state index is 13.7. The lowest BCUT2D eigenvalue weighted by Crippen LogP contribution is -2.43. The van der Waals surface area contributed by atoms with Gasteiger partial charge in [0.2, 0.25) is 0 Å². The summed E-state index contributed by atoms with van der Waals surface area (Å²) in [6.07, 6.45) is 2.06. The third kappa shape index (κ3) is 4.38. The number of carbonyl (C=O) groups is 1. The van der Waals surface area contributed by atoms with Crippen molar-refractivity contribution in [1.82, 2.24) is 9.88 Å². The van der Waals surface area contributed by atoms with E-state index in [-0.39, 0.29) is 5.91 Å². The van der Waals surface area contributed by atoms with Gasteiger partial charge in [-0.25, -0.2) is 4.98 Å². The van der Waals surface area contributed by atoms with Crippen molar-refractivity contribution in [1.29, 1.82) is 0 Å². The SMILES string of the molecule is CSc1cccc2sc(N(CCN3CCOCC3)C(=O)c3ccc4ccccc4c3)nc12. The van der Waals surface area contributed by atoms with E-state index >= 15 is 0 Å². The van der Waals surface area contributed by atoms with Crippen molar-refractivity contribution in [3.8, 4) is 0 Å². The van der Waals surface area contributed by atoms with Crippen LogP contribution in [0.15, 0.2) is 65.6 Å². The van der Waals surface area contributed by atoms with Crippen molar-refractivity contribution in [2.45, 2.75) is 4.90 Å². The standard InChI is InChI=1S/C25H25N3O2S2/c1-31-21-7-4-8-22-23(21)26-25(32-22)28(12-11-27-13-15-30-16-14-27)24(29)20-10-9-18-5-2-3-6-19(18)17-20/h2-10,17H,11-16H2,1H3. The minimum Gasteiger partial charge on any atom is -0.379 e. The summed E-state index contributed by atoms with van der Waals surface area (Å²) in [6, 6.07) is 20.3. The van der Waals surface area contributed by atoms with E-state index in [2.05, 4.69) is 35.4 Å². The highest BCUT2D eigenvalue weighted by Gasteiger charge is 2.23. The van der Waals surface area contributed by atoms with Crippen LogP contribution in [0.3, 0.4) is 0 Å². The quantitative estimate of drug-likeness (QED) is 0.370. The van der Waals surface area contributed by atoms with Crippen LogP contribution in [0.4, 0.5) is 5.13 Å². The molecule has 0 unspecified atom stereocenters. The number of para-hydroxylation sites is 1. The van der Waals surface area contributed by atoms with Gasteiger partial charge in [0, 0.05) is 36.6 Å². The summed E-state index contributed by atoms with van der Waals surface area (Å²) in [7, 11) is 0. The van der Waals surface area contributed by atoms with Gasteiger partial charge < -0.3 is 4.74 Å². The number of nitrogens with zero attached hydrogens (tertiary/aromatic N) is 3. The molecule has 0 radical (unpaired) electrons. The van der Waals surface area contributed by atoms with E-state index in [1.807, 2.05) is 41.3 Å². The number of benzene rings is 3. The van der Waals surface area contributed by atoms with Gasteiger partial charge in [0.05, 0.1) is 23.4 Å². The number of morpholine rings is 1. The number of hydrogen-bond acceptors (Lipinski definition) is 6. The second-order valence-corrected chi connectivity index (χ2v) is 9.63. The first-order valence-electron chi connectivity index (χ1n) is 10.8. The fraction of sp³-hybridized carbons (Fsp3) is 0.280. The van der Waals surface area contributed by atoms with Gasteiger partial charge in [0.1, 0.15) is 0 Å². The number of anilines is 1. The van der Waals surface area contributed by atoms with Crippen molar-refractivity contribution in [3.05, 3.63) is 66.2 Å². The van der Waals surface area contributed by atoms with Crippen molar-refractivity contribution in [3.63, 3.8) is 0 Å². The molecule has 1 amide bonds. The summed E-state index contributed by atoms with van der Waals surface area (Å²) in [6.45, 7) is 4.69. The Hall–Kier alpha value is -2.45. The average molecular weight is 464 g/mol. The van der Waals surface area contributed by atoms with Crippen molar-refractivity contribution in [2.75, 3.05) is 50.5 Å². The van der Waals surface area contributed by atoms with Crippen LogP contribution in [0.2, 0.25) is 0 Å². The summed E-state index contributed by atoms with van der Waals surface area (Å²) >= 11 is 3.27. The molecular formula is C25H25N3O2S2. The predicted molar refractivity (Wildman–Crippen MR) is 134 cm³/mol. The molecule has 2 heterocycles. The van der Waals surface area contributed by atoms with Crippen LogP contribution >= 0.6 is 23.1 Å². The number of amides is 1. The largest absolute Gasteiger partial charge is 0.379 e. The molecule has 4 aromatic rings. The number of ether oxygens (including phenoxy) is 1. The number of carbonyl (C=O) groups excluding carboxylic acids is 1. The maximum Gasteiger partial charge on any atom is 0.260 e. The van der Waals surface area contributed by atoms with Crippen LogP contribution in [0.1, 0.15) is 10.4 Å². The molecule has 3 aromatic carbocycles. The van der Waals surface area contributed by atoms with Gasteiger partial charge in [-0.05, 0) is 41.3 Å². The highest BCUT2D eigenvalue weighted by Crippen LogP contribution is 2.34. The minimum atomic E-state index is -0.00577. The van der Waals surface area contributed by atoms with Crippen LogP contribution in [0, 0.1) is 0 Å². The Balaban J connectivity index is 1.50. The smallest absolute Gasteiger partial charge is 0.260 e. The van der Waals surface area contributed by atoms with Gasteiger partial charge >= 0.3 is 0 Å². The Morgan fingerprint density at radius 1 is 1.09 bits per heavy atom. The molecule has 0 spiro atoms.